The van der Waals surface area contributed by atoms with Crippen LogP contribution in [0.25, 0.3) is 0 Å². The molecule has 0 amide bonds. The fourth-order valence-electron chi connectivity index (χ4n) is 2.05. The summed E-state index contributed by atoms with van der Waals surface area (Å²) in [6, 6.07) is 1.69. The van der Waals surface area contributed by atoms with Gasteiger partial charge in [-0.3, -0.25) is 0 Å². The molecule has 126 valence electrons. The van der Waals surface area contributed by atoms with Gasteiger partial charge in [-0.2, -0.15) is 13.2 Å². The number of esters is 2. The lowest BCUT2D eigenvalue weighted by Crippen LogP contribution is -2.39. The van der Waals surface area contributed by atoms with Crippen molar-refractivity contribution in [1.82, 2.24) is 9.97 Å². The number of anilines is 1. The van der Waals surface area contributed by atoms with E-state index in [4.69, 9.17) is 4.74 Å². The van der Waals surface area contributed by atoms with Gasteiger partial charge >= 0.3 is 18.1 Å². The highest BCUT2D eigenvalue weighted by Crippen LogP contribution is 2.18. The largest absolute Gasteiger partial charge is 0.490 e. The molecule has 2 heterocycles. The van der Waals surface area contributed by atoms with Gasteiger partial charge in [0.1, 0.15) is 6.10 Å². The highest BCUT2D eigenvalue weighted by molar-refractivity contribution is 5.79. The van der Waals surface area contributed by atoms with Gasteiger partial charge in [0.25, 0.3) is 0 Å². The molecule has 0 spiro atoms. The van der Waals surface area contributed by atoms with Gasteiger partial charge in [-0.25, -0.2) is 19.6 Å². The topological polar surface area (TPSA) is 81.6 Å². The SMILES string of the molecule is O=C(COC(=O)C(F)(F)F)OC1CCN(c2ncccn2)CC1. The maximum absolute atomic E-state index is 11.9. The molecule has 0 radical (unpaired) electrons. The molecule has 0 bridgehead atoms. The minimum atomic E-state index is -5.12. The van der Waals surface area contributed by atoms with Gasteiger partial charge in [-0.05, 0) is 6.07 Å². The fourth-order valence-corrected chi connectivity index (χ4v) is 2.05. The van der Waals surface area contributed by atoms with Crippen LogP contribution in [0, 0.1) is 0 Å². The molecule has 1 aliphatic heterocycles. The van der Waals surface area contributed by atoms with Gasteiger partial charge in [0, 0.05) is 38.3 Å². The molecule has 23 heavy (non-hydrogen) atoms. The van der Waals surface area contributed by atoms with E-state index in [0.717, 1.165) is 0 Å². The van der Waals surface area contributed by atoms with E-state index in [1.807, 2.05) is 4.90 Å². The number of ether oxygens (including phenoxy) is 2. The third-order valence-electron chi connectivity index (χ3n) is 3.13. The summed E-state index contributed by atoms with van der Waals surface area (Å²) < 4.78 is 44.6. The molecule has 0 unspecified atom stereocenters. The lowest BCUT2D eigenvalue weighted by atomic mass is 10.1. The zero-order valence-electron chi connectivity index (χ0n) is 12.0. The van der Waals surface area contributed by atoms with Crippen LogP contribution in [0.15, 0.2) is 18.5 Å². The standard InChI is InChI=1S/C13H14F3N3O4/c14-13(15,16)11(21)22-8-10(20)23-9-2-6-19(7-3-9)12-17-4-1-5-18-12/h1,4-5,9H,2-3,6-8H2. The lowest BCUT2D eigenvalue weighted by molar-refractivity contribution is -0.202. The molecule has 0 saturated carbocycles. The Hall–Kier alpha value is -2.39. The van der Waals surface area contributed by atoms with Crippen molar-refractivity contribution in [3.63, 3.8) is 0 Å². The number of piperidine rings is 1. The third-order valence-corrected chi connectivity index (χ3v) is 3.13. The summed E-state index contributed by atoms with van der Waals surface area (Å²) in [6.07, 6.45) is -1.37. The predicted molar refractivity (Wildman–Crippen MR) is 70.4 cm³/mol. The second kappa shape index (κ2) is 7.25. The molecule has 0 atom stereocenters. The molecular formula is C13H14F3N3O4. The van der Waals surface area contributed by atoms with Crippen LogP contribution in [0.4, 0.5) is 19.1 Å². The Morgan fingerprint density at radius 3 is 2.39 bits per heavy atom. The van der Waals surface area contributed by atoms with E-state index in [9.17, 15) is 22.8 Å². The number of rotatable bonds is 4. The number of alkyl halides is 3. The molecule has 0 aliphatic carbocycles. The van der Waals surface area contributed by atoms with Gasteiger partial charge in [0.15, 0.2) is 6.61 Å². The van der Waals surface area contributed by atoms with Crippen molar-refractivity contribution in [2.45, 2.75) is 25.1 Å². The maximum Gasteiger partial charge on any atom is 0.490 e. The number of halogens is 3. The van der Waals surface area contributed by atoms with Crippen LogP contribution in [0.2, 0.25) is 0 Å². The first-order chi connectivity index (χ1) is 10.9. The molecule has 1 aromatic heterocycles. The minimum absolute atomic E-state index is 0.438. The van der Waals surface area contributed by atoms with Crippen molar-refractivity contribution in [3.8, 4) is 0 Å². The molecule has 0 N–H and O–H groups in total. The van der Waals surface area contributed by atoms with E-state index in [1.54, 1.807) is 18.5 Å². The molecule has 7 nitrogen and oxygen atoms in total. The van der Waals surface area contributed by atoms with Crippen molar-refractivity contribution in [3.05, 3.63) is 18.5 Å². The lowest BCUT2D eigenvalue weighted by Gasteiger charge is -2.31. The van der Waals surface area contributed by atoms with E-state index in [0.29, 0.717) is 31.9 Å². The molecule has 1 saturated heterocycles. The maximum atomic E-state index is 11.9. The van der Waals surface area contributed by atoms with E-state index >= 15 is 0 Å². The molecule has 1 aliphatic rings. The quantitative estimate of drug-likeness (QED) is 0.763. The summed E-state index contributed by atoms with van der Waals surface area (Å²) in [4.78, 5) is 32.0. The zero-order chi connectivity index (χ0) is 16.9. The predicted octanol–water partition coefficient (Wildman–Crippen LogP) is 1.09. The Balaban J connectivity index is 1.72. The van der Waals surface area contributed by atoms with Crippen LogP contribution in [0.3, 0.4) is 0 Å². The van der Waals surface area contributed by atoms with Gasteiger partial charge in [-0.1, -0.05) is 0 Å². The summed E-state index contributed by atoms with van der Waals surface area (Å²) in [5.41, 5.74) is 0. The number of nitrogens with zero attached hydrogens (tertiary/aromatic N) is 3. The first kappa shape index (κ1) is 17.0. The Morgan fingerprint density at radius 1 is 1.22 bits per heavy atom. The molecule has 10 heteroatoms. The summed E-state index contributed by atoms with van der Waals surface area (Å²) in [5, 5.41) is 0. The third kappa shape index (κ3) is 5.08. The number of carbonyl (C=O) groups excluding carboxylic acids is 2. The summed E-state index contributed by atoms with van der Waals surface area (Å²) in [6.45, 7) is 0.0367. The zero-order valence-corrected chi connectivity index (χ0v) is 12.0. The first-order valence-corrected chi connectivity index (χ1v) is 6.81. The van der Waals surface area contributed by atoms with E-state index in [1.165, 1.54) is 0 Å². The van der Waals surface area contributed by atoms with Crippen LogP contribution in [-0.2, 0) is 19.1 Å². The molecule has 1 aromatic rings. The molecular weight excluding hydrogens is 319 g/mol. The molecule has 2 rings (SSSR count). The van der Waals surface area contributed by atoms with Gasteiger partial charge in [0.2, 0.25) is 5.95 Å². The second-order valence-electron chi connectivity index (χ2n) is 4.80. The van der Waals surface area contributed by atoms with E-state index in [-0.39, 0.29) is 0 Å². The second-order valence-corrected chi connectivity index (χ2v) is 4.80. The van der Waals surface area contributed by atoms with Crippen molar-refractivity contribution in [2.24, 2.45) is 0 Å². The van der Waals surface area contributed by atoms with Crippen LogP contribution in [0.1, 0.15) is 12.8 Å². The highest BCUT2D eigenvalue weighted by Gasteiger charge is 2.41. The first-order valence-electron chi connectivity index (χ1n) is 6.81. The normalized spacial score (nSPS) is 16.0. The van der Waals surface area contributed by atoms with E-state index < -0.39 is 30.8 Å². The number of aromatic nitrogens is 2. The Morgan fingerprint density at radius 2 is 1.83 bits per heavy atom. The number of carbonyl (C=O) groups is 2. The van der Waals surface area contributed by atoms with Crippen LogP contribution >= 0.6 is 0 Å². The van der Waals surface area contributed by atoms with Gasteiger partial charge < -0.3 is 14.4 Å². The van der Waals surface area contributed by atoms with Crippen LogP contribution < -0.4 is 4.90 Å². The summed E-state index contributed by atoms with van der Waals surface area (Å²) in [7, 11) is 0. The smallest absolute Gasteiger partial charge is 0.460 e. The van der Waals surface area contributed by atoms with Crippen molar-refractivity contribution in [1.29, 1.82) is 0 Å². The fraction of sp³-hybridized carbons (Fsp3) is 0.538. The Bertz CT molecular complexity index is 545. The van der Waals surface area contributed by atoms with Crippen molar-refractivity contribution < 1.29 is 32.2 Å². The van der Waals surface area contributed by atoms with Gasteiger partial charge in [0.05, 0.1) is 0 Å². The van der Waals surface area contributed by atoms with Crippen molar-refractivity contribution >= 4 is 17.9 Å². The summed E-state index contributed by atoms with van der Waals surface area (Å²) >= 11 is 0. The number of hydrogen-bond donors (Lipinski definition) is 0. The van der Waals surface area contributed by atoms with E-state index in [2.05, 4.69) is 14.7 Å². The van der Waals surface area contributed by atoms with Crippen molar-refractivity contribution in [2.75, 3.05) is 24.6 Å². The highest BCUT2D eigenvalue weighted by atomic mass is 19.4. The summed E-state index contributed by atoms with van der Waals surface area (Å²) in [5.74, 6) is -2.85. The van der Waals surface area contributed by atoms with Crippen LogP contribution in [0.5, 0.6) is 0 Å². The minimum Gasteiger partial charge on any atom is -0.460 e. The molecule has 0 aromatic carbocycles. The Kier molecular flexibility index (Phi) is 5.35. The average molecular weight is 333 g/mol. The van der Waals surface area contributed by atoms with Crippen LogP contribution in [-0.4, -0.2) is 53.9 Å². The van der Waals surface area contributed by atoms with Gasteiger partial charge in [-0.15, -0.1) is 0 Å². The number of hydrogen-bond acceptors (Lipinski definition) is 7. The monoisotopic (exact) mass is 333 g/mol. The average Bonchev–Trinajstić information content (AvgIpc) is 2.53. The Labute approximate surface area is 129 Å². The molecule has 1 fully saturated rings.